The number of nitrogens with zero attached hydrogens (tertiary/aromatic N) is 5. The van der Waals surface area contributed by atoms with Crippen LogP contribution in [0.25, 0.3) is 0 Å². The van der Waals surface area contributed by atoms with Gasteiger partial charge in [-0.1, -0.05) is 31.2 Å². The van der Waals surface area contributed by atoms with Gasteiger partial charge in [0, 0.05) is 51.5 Å². The van der Waals surface area contributed by atoms with Crippen molar-refractivity contribution in [3.63, 3.8) is 0 Å². The summed E-state index contributed by atoms with van der Waals surface area (Å²) in [4.78, 5) is 14.5. The monoisotopic (exact) mass is 506 g/mol. The molecule has 0 saturated carbocycles. The number of fused-ring (bicyclic) bond motifs is 1. The van der Waals surface area contributed by atoms with Gasteiger partial charge < -0.3 is 15.5 Å². The van der Waals surface area contributed by atoms with Gasteiger partial charge in [0.25, 0.3) is 0 Å². The molecule has 2 aliphatic rings. The molecule has 2 aromatic rings. The van der Waals surface area contributed by atoms with Crippen LogP contribution in [-0.4, -0.2) is 97.8 Å². The van der Waals surface area contributed by atoms with Crippen molar-refractivity contribution in [2.24, 2.45) is 0 Å². The predicted molar refractivity (Wildman–Crippen MR) is 154 cm³/mol. The Kier molecular flexibility index (Phi) is 9.57. The minimum atomic E-state index is 0.393. The molecule has 1 aliphatic carbocycles. The van der Waals surface area contributed by atoms with Crippen LogP contribution in [0.5, 0.6) is 0 Å². The molecule has 0 bridgehead atoms. The number of rotatable bonds is 13. The van der Waals surface area contributed by atoms with Crippen molar-refractivity contribution in [3.8, 4) is 0 Å². The van der Waals surface area contributed by atoms with Gasteiger partial charge >= 0.3 is 0 Å². The Bertz CT molecular complexity index is 1000. The van der Waals surface area contributed by atoms with Crippen molar-refractivity contribution in [1.29, 1.82) is 0 Å². The molecule has 0 saturated heterocycles. The van der Waals surface area contributed by atoms with Crippen LogP contribution in [0.4, 0.5) is 5.95 Å². The van der Waals surface area contributed by atoms with Gasteiger partial charge in [0.15, 0.2) is 0 Å². The van der Waals surface area contributed by atoms with Crippen LogP contribution in [0.3, 0.4) is 0 Å². The normalized spacial score (nSPS) is 16.9. The Morgan fingerprint density at radius 2 is 1.73 bits per heavy atom. The summed E-state index contributed by atoms with van der Waals surface area (Å²) in [6, 6.07) is 9.11. The summed E-state index contributed by atoms with van der Waals surface area (Å²) in [5, 5.41) is 6.98. The molecular formula is C30H48N7+. The Morgan fingerprint density at radius 3 is 2.35 bits per heavy atom. The summed E-state index contributed by atoms with van der Waals surface area (Å²) < 4.78 is 0.899. The second-order valence-electron chi connectivity index (χ2n) is 11.6. The molecule has 1 aliphatic heterocycles. The van der Waals surface area contributed by atoms with E-state index in [1.807, 2.05) is 12.4 Å². The van der Waals surface area contributed by atoms with Crippen molar-refractivity contribution >= 4 is 5.95 Å². The molecule has 0 atom stereocenters. The number of hydrogen-bond acceptors (Lipinski definition) is 6. The first-order chi connectivity index (χ1) is 17.9. The molecular weight excluding hydrogens is 458 g/mol. The highest BCUT2D eigenvalue weighted by atomic mass is 15.3. The number of quaternary nitrogens is 1. The predicted octanol–water partition coefficient (Wildman–Crippen LogP) is 3.54. The third-order valence-corrected chi connectivity index (χ3v) is 7.81. The van der Waals surface area contributed by atoms with Crippen molar-refractivity contribution < 1.29 is 4.48 Å². The van der Waals surface area contributed by atoms with Gasteiger partial charge in [0.05, 0.1) is 33.4 Å². The van der Waals surface area contributed by atoms with E-state index in [2.05, 4.69) is 89.8 Å². The number of anilines is 1. The molecule has 4 rings (SSSR count). The molecule has 0 radical (unpaired) electrons. The van der Waals surface area contributed by atoms with E-state index in [-0.39, 0.29) is 0 Å². The molecule has 1 aromatic carbocycles. The standard InChI is InChI=1S/C30H48N7/c1-6-14-35(17-18-36-16-13-28(31-2)29(23-36)37(3,4)5)15-9-10-24-21-32-30(33-22-24)34-27-19-25-11-7-8-12-26(25)20-27/h7-8,11-12,21-22,27,31H,6,9-10,13-20,23H2,1-5H3,(H,32,33,34)/q+1. The molecule has 2 heterocycles. The molecule has 202 valence electrons. The first-order valence-corrected chi connectivity index (χ1v) is 14.2. The zero-order valence-electron chi connectivity index (χ0n) is 23.8. The fourth-order valence-corrected chi connectivity index (χ4v) is 5.72. The van der Waals surface area contributed by atoms with Gasteiger partial charge in [-0.05, 0) is 61.9 Å². The average molecular weight is 507 g/mol. The topological polar surface area (TPSA) is 56.3 Å². The zero-order chi connectivity index (χ0) is 26.3. The lowest BCUT2D eigenvalue weighted by Gasteiger charge is -2.37. The largest absolute Gasteiger partial charge is 0.387 e. The van der Waals surface area contributed by atoms with Gasteiger partial charge in [-0.15, -0.1) is 0 Å². The molecule has 7 nitrogen and oxygen atoms in total. The van der Waals surface area contributed by atoms with E-state index < -0.39 is 0 Å². The number of likely N-dealkylation sites (N-methyl/N-ethyl adjacent to an activating group) is 1. The van der Waals surface area contributed by atoms with Gasteiger partial charge in [0.2, 0.25) is 5.95 Å². The molecule has 1 aromatic heterocycles. The van der Waals surface area contributed by atoms with Crippen molar-refractivity contribution in [3.05, 3.63) is 64.7 Å². The van der Waals surface area contributed by atoms with Gasteiger partial charge in [0.1, 0.15) is 5.70 Å². The van der Waals surface area contributed by atoms with Gasteiger partial charge in [-0.25, -0.2) is 9.97 Å². The van der Waals surface area contributed by atoms with E-state index in [1.54, 1.807) is 0 Å². The number of aryl methyl sites for hydroxylation is 1. The SMILES string of the molecule is CCCN(CCCc1cnc(NC2Cc3ccccc3C2)nc1)CCN1CCC(NC)=C([N+](C)(C)C)C1. The molecule has 0 fully saturated rings. The van der Waals surface area contributed by atoms with E-state index in [0.29, 0.717) is 6.04 Å². The highest BCUT2D eigenvalue weighted by molar-refractivity contribution is 5.38. The van der Waals surface area contributed by atoms with Gasteiger partial charge in [-0.3, -0.25) is 9.38 Å². The third-order valence-electron chi connectivity index (χ3n) is 7.81. The number of aromatic nitrogens is 2. The Labute approximate surface area is 224 Å². The molecule has 37 heavy (non-hydrogen) atoms. The summed E-state index contributed by atoms with van der Waals surface area (Å²) in [6.45, 7) is 9.05. The van der Waals surface area contributed by atoms with Crippen molar-refractivity contribution in [1.82, 2.24) is 25.1 Å². The highest BCUT2D eigenvalue weighted by Crippen LogP contribution is 2.24. The molecule has 7 heteroatoms. The van der Waals surface area contributed by atoms with Crippen LogP contribution < -0.4 is 10.6 Å². The van der Waals surface area contributed by atoms with Crippen LogP contribution in [0.2, 0.25) is 0 Å². The fourth-order valence-electron chi connectivity index (χ4n) is 5.72. The summed E-state index contributed by atoms with van der Waals surface area (Å²) in [5.74, 6) is 0.749. The minimum Gasteiger partial charge on any atom is -0.387 e. The second-order valence-corrected chi connectivity index (χ2v) is 11.6. The van der Waals surface area contributed by atoms with E-state index in [4.69, 9.17) is 0 Å². The second kappa shape index (κ2) is 12.9. The van der Waals surface area contributed by atoms with Crippen molar-refractivity contribution in [2.75, 3.05) is 72.8 Å². The maximum absolute atomic E-state index is 4.62. The van der Waals surface area contributed by atoms with Crippen LogP contribution in [0.1, 0.15) is 42.9 Å². The molecule has 2 N–H and O–H groups in total. The summed E-state index contributed by atoms with van der Waals surface area (Å²) >= 11 is 0. The first kappa shape index (κ1) is 27.6. The third kappa shape index (κ3) is 7.76. The quantitative estimate of drug-likeness (QED) is 0.406. The molecule has 0 amide bonds. The van der Waals surface area contributed by atoms with Crippen LogP contribution in [0.15, 0.2) is 48.1 Å². The van der Waals surface area contributed by atoms with Gasteiger partial charge in [-0.2, -0.15) is 0 Å². The summed E-state index contributed by atoms with van der Waals surface area (Å²) in [6.07, 6.45) is 10.6. The number of hydrogen-bond donors (Lipinski definition) is 2. The average Bonchev–Trinajstić information content (AvgIpc) is 3.30. The lowest BCUT2D eigenvalue weighted by Crippen LogP contribution is -2.47. The fraction of sp³-hybridized carbons (Fsp3) is 0.600. The van der Waals surface area contributed by atoms with Crippen LogP contribution >= 0.6 is 0 Å². The van der Waals surface area contributed by atoms with E-state index in [9.17, 15) is 0 Å². The van der Waals surface area contributed by atoms with Crippen LogP contribution in [0, 0.1) is 0 Å². The van der Waals surface area contributed by atoms with E-state index in [1.165, 1.54) is 34.5 Å². The first-order valence-electron chi connectivity index (χ1n) is 14.2. The highest BCUT2D eigenvalue weighted by Gasteiger charge is 2.28. The lowest BCUT2D eigenvalue weighted by molar-refractivity contribution is -0.833. The van der Waals surface area contributed by atoms with Crippen molar-refractivity contribution in [2.45, 2.75) is 51.5 Å². The Morgan fingerprint density at radius 1 is 1.03 bits per heavy atom. The maximum Gasteiger partial charge on any atom is 0.222 e. The Hall–Kier alpha value is -2.48. The molecule has 0 unspecified atom stereocenters. The zero-order valence-corrected chi connectivity index (χ0v) is 23.8. The summed E-state index contributed by atoms with van der Waals surface area (Å²) in [5.41, 5.74) is 7.05. The van der Waals surface area contributed by atoms with E-state index >= 15 is 0 Å². The smallest absolute Gasteiger partial charge is 0.222 e. The Balaban J connectivity index is 1.20. The minimum absolute atomic E-state index is 0.393. The summed E-state index contributed by atoms with van der Waals surface area (Å²) in [7, 11) is 8.90. The number of nitrogens with one attached hydrogen (secondary N) is 2. The van der Waals surface area contributed by atoms with E-state index in [0.717, 1.165) is 81.8 Å². The number of benzene rings is 1. The maximum atomic E-state index is 4.62. The lowest BCUT2D eigenvalue weighted by atomic mass is 10.1. The molecule has 0 spiro atoms. The van der Waals surface area contributed by atoms with Crippen LogP contribution in [-0.2, 0) is 19.3 Å².